The van der Waals surface area contributed by atoms with E-state index in [1.54, 1.807) is 18.3 Å². The molecule has 2 aromatic heterocycles. The first-order chi connectivity index (χ1) is 11.3. The molecule has 0 aromatic carbocycles. The summed E-state index contributed by atoms with van der Waals surface area (Å²) in [7, 11) is 0. The first-order valence-corrected chi connectivity index (χ1v) is 7.66. The molecule has 0 radical (unpaired) electrons. The molecule has 1 amide bonds. The molecular weight excluding hydrogens is 298 g/mol. The minimum atomic E-state index is -0.360. The first kappa shape index (κ1) is 15.6. The minimum Gasteiger partial charge on any atom is -0.379 e. The summed E-state index contributed by atoms with van der Waals surface area (Å²) in [6.07, 6.45) is 2.50. The molecule has 0 saturated carbocycles. The number of ether oxygens (including phenoxy) is 1. The summed E-state index contributed by atoms with van der Waals surface area (Å²) in [6, 6.07) is 5.38. The van der Waals surface area contributed by atoms with E-state index < -0.39 is 0 Å². The zero-order chi connectivity index (χ0) is 15.9. The fourth-order valence-electron chi connectivity index (χ4n) is 2.32. The highest BCUT2D eigenvalue weighted by molar-refractivity contribution is 5.89. The molecule has 1 aliphatic heterocycles. The molecular formula is C15H19N5O3. The maximum absolute atomic E-state index is 12.0. The van der Waals surface area contributed by atoms with Crippen LogP contribution < -0.4 is 5.32 Å². The van der Waals surface area contributed by atoms with Crippen molar-refractivity contribution >= 4 is 5.91 Å². The van der Waals surface area contributed by atoms with Crippen LogP contribution in [0.1, 0.15) is 17.1 Å². The molecule has 8 heteroatoms. The van der Waals surface area contributed by atoms with Gasteiger partial charge in [-0.15, -0.1) is 0 Å². The summed E-state index contributed by atoms with van der Waals surface area (Å²) < 4.78 is 10.3. The normalized spacial score (nSPS) is 15.5. The largest absolute Gasteiger partial charge is 0.379 e. The molecule has 0 bridgehead atoms. The molecule has 23 heavy (non-hydrogen) atoms. The number of nitrogens with one attached hydrogen (secondary N) is 1. The van der Waals surface area contributed by atoms with Gasteiger partial charge in [0.15, 0.2) is 0 Å². The van der Waals surface area contributed by atoms with Crippen molar-refractivity contribution in [2.24, 2.45) is 0 Å². The Labute approximate surface area is 133 Å². The second-order valence-electron chi connectivity index (χ2n) is 5.20. The van der Waals surface area contributed by atoms with Gasteiger partial charge in [-0.1, -0.05) is 11.2 Å². The summed E-state index contributed by atoms with van der Waals surface area (Å²) in [4.78, 5) is 22.5. The second kappa shape index (κ2) is 7.80. The van der Waals surface area contributed by atoms with Gasteiger partial charge < -0.3 is 14.6 Å². The van der Waals surface area contributed by atoms with Gasteiger partial charge in [-0.3, -0.25) is 14.7 Å². The zero-order valence-corrected chi connectivity index (χ0v) is 12.8. The van der Waals surface area contributed by atoms with E-state index in [1.165, 1.54) is 0 Å². The lowest BCUT2D eigenvalue weighted by molar-refractivity contribution is 0.0374. The van der Waals surface area contributed by atoms with Crippen LogP contribution in [0.5, 0.6) is 0 Å². The third kappa shape index (κ3) is 4.33. The molecule has 1 fully saturated rings. The van der Waals surface area contributed by atoms with Gasteiger partial charge in [-0.05, 0) is 25.1 Å². The molecule has 0 spiro atoms. The predicted octanol–water partition coefficient (Wildman–Crippen LogP) is 0.584. The fraction of sp³-hybridized carbons (Fsp3) is 0.467. The summed E-state index contributed by atoms with van der Waals surface area (Å²) >= 11 is 0. The van der Waals surface area contributed by atoms with Crippen LogP contribution in [0.4, 0.5) is 0 Å². The van der Waals surface area contributed by atoms with Crippen LogP contribution in [-0.4, -0.2) is 65.3 Å². The van der Waals surface area contributed by atoms with E-state index in [9.17, 15) is 4.79 Å². The summed E-state index contributed by atoms with van der Waals surface area (Å²) in [5.74, 6) is -0.0947. The zero-order valence-electron chi connectivity index (χ0n) is 12.8. The maximum atomic E-state index is 12.0. The molecule has 0 aliphatic carbocycles. The van der Waals surface area contributed by atoms with Gasteiger partial charge in [0, 0.05) is 25.8 Å². The van der Waals surface area contributed by atoms with E-state index >= 15 is 0 Å². The molecule has 0 unspecified atom stereocenters. The third-order valence-electron chi connectivity index (χ3n) is 3.55. The van der Waals surface area contributed by atoms with Crippen LogP contribution in [0.15, 0.2) is 28.9 Å². The molecule has 3 heterocycles. The van der Waals surface area contributed by atoms with Crippen molar-refractivity contribution in [3.05, 3.63) is 30.3 Å². The monoisotopic (exact) mass is 317 g/mol. The van der Waals surface area contributed by atoms with Crippen molar-refractivity contribution in [2.45, 2.75) is 6.42 Å². The van der Waals surface area contributed by atoms with Crippen molar-refractivity contribution in [2.75, 3.05) is 39.4 Å². The van der Waals surface area contributed by atoms with E-state index in [1.807, 2.05) is 6.07 Å². The lowest BCUT2D eigenvalue weighted by Gasteiger charge is -2.26. The van der Waals surface area contributed by atoms with Crippen LogP contribution >= 0.6 is 0 Å². The van der Waals surface area contributed by atoms with E-state index in [2.05, 4.69) is 25.3 Å². The van der Waals surface area contributed by atoms with Gasteiger partial charge in [0.05, 0.1) is 13.2 Å². The van der Waals surface area contributed by atoms with E-state index in [0.29, 0.717) is 18.1 Å². The van der Waals surface area contributed by atoms with Gasteiger partial charge in [0.1, 0.15) is 5.69 Å². The number of hydrogen-bond donors (Lipinski definition) is 1. The average Bonchev–Trinajstić information content (AvgIpc) is 3.10. The van der Waals surface area contributed by atoms with Crippen LogP contribution in [0, 0.1) is 0 Å². The maximum Gasteiger partial charge on any atom is 0.316 e. The summed E-state index contributed by atoms with van der Waals surface area (Å²) in [6.45, 7) is 4.97. The van der Waals surface area contributed by atoms with Crippen LogP contribution in [0.25, 0.3) is 11.5 Å². The fourth-order valence-corrected chi connectivity index (χ4v) is 2.32. The number of nitrogens with zero attached hydrogens (tertiary/aromatic N) is 4. The van der Waals surface area contributed by atoms with E-state index in [-0.39, 0.29) is 11.8 Å². The molecule has 2 aromatic rings. The summed E-state index contributed by atoms with van der Waals surface area (Å²) in [5.41, 5.74) is 0.572. The van der Waals surface area contributed by atoms with Gasteiger partial charge in [0.2, 0.25) is 5.82 Å². The van der Waals surface area contributed by atoms with Gasteiger partial charge in [-0.2, -0.15) is 4.98 Å². The Hall–Kier alpha value is -2.32. The van der Waals surface area contributed by atoms with E-state index in [4.69, 9.17) is 9.26 Å². The highest BCUT2D eigenvalue weighted by Gasteiger charge is 2.16. The molecule has 0 atom stereocenters. The van der Waals surface area contributed by atoms with Crippen LogP contribution in [0.3, 0.4) is 0 Å². The molecule has 3 rings (SSSR count). The number of morpholine rings is 1. The number of pyridine rings is 1. The molecule has 122 valence electrons. The number of carbonyl (C=O) groups is 1. The van der Waals surface area contributed by atoms with Crippen molar-refractivity contribution in [1.82, 2.24) is 25.3 Å². The number of carbonyl (C=O) groups excluding carboxylic acids is 1. The Morgan fingerprint density at radius 2 is 2.17 bits per heavy atom. The van der Waals surface area contributed by atoms with Crippen LogP contribution in [-0.2, 0) is 4.74 Å². The number of rotatable bonds is 6. The van der Waals surface area contributed by atoms with Crippen molar-refractivity contribution in [3.63, 3.8) is 0 Å². The van der Waals surface area contributed by atoms with Gasteiger partial charge in [-0.25, -0.2) is 0 Å². The Balaban J connectivity index is 1.44. The topological polar surface area (TPSA) is 93.4 Å². The second-order valence-corrected chi connectivity index (χ2v) is 5.20. The highest BCUT2D eigenvalue weighted by atomic mass is 16.5. The lowest BCUT2D eigenvalue weighted by Crippen LogP contribution is -2.38. The molecule has 1 N–H and O–H groups in total. The van der Waals surface area contributed by atoms with Crippen molar-refractivity contribution < 1.29 is 14.1 Å². The quantitative estimate of drug-likeness (QED) is 0.779. The number of amides is 1. The van der Waals surface area contributed by atoms with Crippen molar-refractivity contribution in [3.8, 4) is 11.5 Å². The smallest absolute Gasteiger partial charge is 0.316 e. The molecule has 8 nitrogen and oxygen atoms in total. The predicted molar refractivity (Wildman–Crippen MR) is 81.7 cm³/mol. The first-order valence-electron chi connectivity index (χ1n) is 7.66. The number of hydrogen-bond acceptors (Lipinski definition) is 7. The molecule has 1 aliphatic rings. The van der Waals surface area contributed by atoms with Crippen LogP contribution in [0.2, 0.25) is 0 Å². The lowest BCUT2D eigenvalue weighted by atomic mass is 10.3. The summed E-state index contributed by atoms with van der Waals surface area (Å²) in [5, 5.41) is 6.57. The van der Waals surface area contributed by atoms with E-state index in [0.717, 1.165) is 39.3 Å². The third-order valence-corrected chi connectivity index (χ3v) is 3.55. The molecule has 1 saturated heterocycles. The number of aromatic nitrogens is 3. The Morgan fingerprint density at radius 3 is 2.96 bits per heavy atom. The van der Waals surface area contributed by atoms with Gasteiger partial charge in [0.25, 0.3) is 0 Å². The Bertz CT molecular complexity index is 625. The van der Waals surface area contributed by atoms with Crippen molar-refractivity contribution in [1.29, 1.82) is 0 Å². The minimum absolute atomic E-state index is 0.0444. The van der Waals surface area contributed by atoms with Gasteiger partial charge >= 0.3 is 11.8 Å². The standard InChI is InChI=1S/C15H19N5O3/c21-14(17-6-3-7-20-8-10-22-11-9-20)15-18-13(19-23-15)12-4-1-2-5-16-12/h1-2,4-5H,3,6-11H2,(H,17,21). The SMILES string of the molecule is O=C(NCCCN1CCOCC1)c1nc(-c2ccccn2)no1. The Kier molecular flexibility index (Phi) is 5.28. The highest BCUT2D eigenvalue weighted by Crippen LogP contribution is 2.11. The Morgan fingerprint density at radius 1 is 1.30 bits per heavy atom. The average molecular weight is 317 g/mol.